The average Bonchev–Trinajstić information content (AvgIpc) is 2.29. The van der Waals surface area contributed by atoms with Gasteiger partial charge in [0, 0.05) is 18.0 Å². The van der Waals surface area contributed by atoms with E-state index in [9.17, 15) is 14.0 Å². The SMILES string of the molecule is Cc1c(C(=O)O)c2cc(F)c(Br)cc2n(C)c1=O. The molecule has 0 unspecified atom stereocenters. The van der Waals surface area contributed by atoms with Crippen LogP contribution in [0.1, 0.15) is 15.9 Å². The van der Waals surface area contributed by atoms with Crippen LogP contribution in [0.4, 0.5) is 4.39 Å². The Balaban J connectivity index is 3.13. The lowest BCUT2D eigenvalue weighted by Gasteiger charge is -2.11. The number of hydrogen-bond acceptors (Lipinski definition) is 2. The van der Waals surface area contributed by atoms with Crippen molar-refractivity contribution in [2.45, 2.75) is 6.92 Å². The predicted molar refractivity (Wildman–Crippen MR) is 68.5 cm³/mol. The van der Waals surface area contributed by atoms with Crippen molar-refractivity contribution in [2.75, 3.05) is 0 Å². The number of fused-ring (bicyclic) bond motifs is 1. The molecule has 4 nitrogen and oxygen atoms in total. The van der Waals surface area contributed by atoms with Crippen molar-refractivity contribution in [1.29, 1.82) is 0 Å². The van der Waals surface area contributed by atoms with Gasteiger partial charge in [-0.05, 0) is 35.0 Å². The van der Waals surface area contributed by atoms with Gasteiger partial charge < -0.3 is 9.67 Å². The first kappa shape index (κ1) is 12.8. The van der Waals surface area contributed by atoms with Crippen LogP contribution in [-0.4, -0.2) is 15.6 Å². The zero-order valence-electron chi connectivity index (χ0n) is 9.62. The van der Waals surface area contributed by atoms with Gasteiger partial charge in [-0.15, -0.1) is 0 Å². The number of benzene rings is 1. The Bertz CT molecular complexity index is 736. The van der Waals surface area contributed by atoms with Gasteiger partial charge in [0.05, 0.1) is 15.6 Å². The van der Waals surface area contributed by atoms with Crippen LogP contribution < -0.4 is 5.56 Å². The highest BCUT2D eigenvalue weighted by molar-refractivity contribution is 9.10. The van der Waals surface area contributed by atoms with Crippen molar-refractivity contribution in [2.24, 2.45) is 7.05 Å². The summed E-state index contributed by atoms with van der Waals surface area (Å²) >= 11 is 3.02. The minimum absolute atomic E-state index is 0.0965. The second kappa shape index (κ2) is 4.20. The summed E-state index contributed by atoms with van der Waals surface area (Å²) in [6.45, 7) is 1.42. The quantitative estimate of drug-likeness (QED) is 0.879. The molecule has 0 atom stereocenters. The molecule has 1 N–H and O–H groups in total. The first-order chi connectivity index (χ1) is 8.34. The normalized spacial score (nSPS) is 10.9. The number of hydrogen-bond donors (Lipinski definition) is 1. The Morgan fingerprint density at radius 2 is 2.06 bits per heavy atom. The smallest absolute Gasteiger partial charge is 0.336 e. The highest BCUT2D eigenvalue weighted by atomic mass is 79.9. The largest absolute Gasteiger partial charge is 0.478 e. The Labute approximate surface area is 110 Å². The van der Waals surface area contributed by atoms with E-state index in [1.54, 1.807) is 0 Å². The molecule has 0 saturated heterocycles. The van der Waals surface area contributed by atoms with Crippen molar-refractivity contribution in [3.63, 3.8) is 0 Å². The Kier molecular flexibility index (Phi) is 2.98. The van der Waals surface area contributed by atoms with Gasteiger partial charge in [-0.1, -0.05) is 0 Å². The lowest BCUT2D eigenvalue weighted by molar-refractivity contribution is 0.0698. The third-order valence-corrected chi connectivity index (χ3v) is 3.49. The zero-order valence-corrected chi connectivity index (χ0v) is 11.2. The van der Waals surface area contributed by atoms with Gasteiger partial charge in [-0.2, -0.15) is 0 Å². The molecule has 6 heteroatoms. The summed E-state index contributed by atoms with van der Waals surface area (Å²) in [5.41, 5.74) is -0.0894. The maximum absolute atomic E-state index is 13.5. The molecule has 18 heavy (non-hydrogen) atoms. The molecule has 0 spiro atoms. The Morgan fingerprint density at radius 1 is 1.44 bits per heavy atom. The van der Waals surface area contributed by atoms with Gasteiger partial charge in [-0.25, -0.2) is 9.18 Å². The minimum Gasteiger partial charge on any atom is -0.478 e. The molecular weight excluding hydrogens is 305 g/mol. The van der Waals surface area contributed by atoms with E-state index in [0.717, 1.165) is 6.07 Å². The summed E-state index contributed by atoms with van der Waals surface area (Å²) < 4.78 is 15.0. The molecule has 1 aromatic carbocycles. The third-order valence-electron chi connectivity index (χ3n) is 2.88. The molecule has 0 radical (unpaired) electrons. The predicted octanol–water partition coefficient (Wildman–Crippen LogP) is 2.45. The number of rotatable bonds is 1. The van der Waals surface area contributed by atoms with Crippen LogP contribution in [0.5, 0.6) is 0 Å². The molecular formula is C12H9BrFNO3. The van der Waals surface area contributed by atoms with Crippen molar-refractivity contribution in [1.82, 2.24) is 4.57 Å². The van der Waals surface area contributed by atoms with Crippen LogP contribution in [0.3, 0.4) is 0 Å². The van der Waals surface area contributed by atoms with Crippen LogP contribution in [0, 0.1) is 12.7 Å². The number of pyridine rings is 1. The van der Waals surface area contributed by atoms with Gasteiger partial charge >= 0.3 is 5.97 Å². The van der Waals surface area contributed by atoms with E-state index in [1.807, 2.05) is 0 Å². The summed E-state index contributed by atoms with van der Waals surface area (Å²) in [6, 6.07) is 2.52. The van der Waals surface area contributed by atoms with E-state index < -0.39 is 17.3 Å². The lowest BCUT2D eigenvalue weighted by Crippen LogP contribution is -2.23. The second-order valence-corrected chi connectivity index (χ2v) is 4.81. The summed E-state index contributed by atoms with van der Waals surface area (Å²) in [4.78, 5) is 23.1. The number of nitrogens with zero attached hydrogens (tertiary/aromatic N) is 1. The molecule has 0 aliphatic carbocycles. The average molecular weight is 314 g/mol. The van der Waals surface area contributed by atoms with Gasteiger partial charge in [0.25, 0.3) is 5.56 Å². The van der Waals surface area contributed by atoms with Crippen LogP contribution in [0.2, 0.25) is 0 Å². The van der Waals surface area contributed by atoms with Crippen molar-refractivity contribution < 1.29 is 14.3 Å². The van der Waals surface area contributed by atoms with Crippen molar-refractivity contribution >= 4 is 32.8 Å². The van der Waals surface area contributed by atoms with E-state index in [1.165, 1.54) is 24.6 Å². The maximum atomic E-state index is 13.5. The van der Waals surface area contributed by atoms with Gasteiger partial charge in [0.2, 0.25) is 0 Å². The van der Waals surface area contributed by atoms with E-state index in [4.69, 9.17) is 5.11 Å². The number of halogens is 2. The number of carboxylic acid groups (broad SMARTS) is 1. The molecule has 1 heterocycles. The zero-order chi connectivity index (χ0) is 13.6. The molecule has 2 aromatic rings. The van der Waals surface area contributed by atoms with E-state index in [0.29, 0.717) is 5.52 Å². The number of carbonyl (C=O) groups is 1. The van der Waals surface area contributed by atoms with Crippen LogP contribution in [0.15, 0.2) is 21.4 Å². The number of carboxylic acids is 1. The molecule has 0 aliphatic heterocycles. The van der Waals surface area contributed by atoms with Crippen molar-refractivity contribution in [3.05, 3.63) is 43.9 Å². The monoisotopic (exact) mass is 313 g/mol. The van der Waals surface area contributed by atoms with Crippen LogP contribution in [-0.2, 0) is 7.05 Å². The molecule has 0 bridgehead atoms. The van der Waals surface area contributed by atoms with Gasteiger partial charge in [-0.3, -0.25) is 4.79 Å². The van der Waals surface area contributed by atoms with Gasteiger partial charge in [0.1, 0.15) is 5.82 Å². The summed E-state index contributed by atoms with van der Waals surface area (Å²) in [6.07, 6.45) is 0. The summed E-state index contributed by atoms with van der Waals surface area (Å²) in [7, 11) is 1.52. The summed E-state index contributed by atoms with van der Waals surface area (Å²) in [5.74, 6) is -1.81. The first-order valence-electron chi connectivity index (χ1n) is 5.06. The highest BCUT2D eigenvalue weighted by Gasteiger charge is 2.18. The topological polar surface area (TPSA) is 59.3 Å². The van der Waals surface area contributed by atoms with E-state index in [-0.39, 0.29) is 21.0 Å². The number of aromatic nitrogens is 1. The molecule has 2 rings (SSSR count). The fraction of sp³-hybridized carbons (Fsp3) is 0.167. The standard InChI is InChI=1S/C12H9BrFNO3/c1-5-10(12(17)18)6-3-8(14)7(13)4-9(6)15(2)11(5)16/h3-4H,1-2H3,(H,17,18). The van der Waals surface area contributed by atoms with Crippen molar-refractivity contribution in [3.8, 4) is 0 Å². The number of aromatic carboxylic acids is 1. The van der Waals surface area contributed by atoms with E-state index in [2.05, 4.69) is 15.9 Å². The highest BCUT2D eigenvalue weighted by Crippen LogP contribution is 2.26. The molecule has 0 amide bonds. The molecule has 0 aliphatic rings. The molecule has 0 saturated carbocycles. The molecule has 1 aromatic heterocycles. The maximum Gasteiger partial charge on any atom is 0.336 e. The summed E-state index contributed by atoms with van der Waals surface area (Å²) in [5, 5.41) is 9.37. The Morgan fingerprint density at radius 3 is 2.61 bits per heavy atom. The van der Waals surface area contributed by atoms with Gasteiger partial charge in [0.15, 0.2) is 0 Å². The second-order valence-electron chi connectivity index (χ2n) is 3.95. The fourth-order valence-electron chi connectivity index (χ4n) is 1.96. The van der Waals surface area contributed by atoms with Crippen LogP contribution in [0.25, 0.3) is 10.9 Å². The van der Waals surface area contributed by atoms with E-state index >= 15 is 0 Å². The molecule has 0 fully saturated rings. The lowest BCUT2D eigenvalue weighted by atomic mass is 10.0. The molecule has 94 valence electrons. The number of aryl methyl sites for hydroxylation is 1. The minimum atomic E-state index is -1.24. The Hall–Kier alpha value is -1.69. The first-order valence-corrected chi connectivity index (χ1v) is 5.85. The van der Waals surface area contributed by atoms with Crippen LogP contribution >= 0.6 is 15.9 Å². The third kappa shape index (κ3) is 1.73. The fourth-order valence-corrected chi connectivity index (χ4v) is 2.29.